The van der Waals surface area contributed by atoms with Gasteiger partial charge in [0, 0.05) is 5.41 Å². The van der Waals surface area contributed by atoms with Gasteiger partial charge < -0.3 is 10.2 Å². The normalized spacial score (nSPS) is 11.7. The third-order valence-corrected chi connectivity index (χ3v) is 2.96. The van der Waals surface area contributed by atoms with E-state index in [1.54, 1.807) is 0 Å². The molecule has 0 unspecified atom stereocenters. The van der Waals surface area contributed by atoms with E-state index < -0.39 is 0 Å². The average molecular weight is 238 g/mol. The van der Waals surface area contributed by atoms with E-state index in [1.807, 2.05) is 13.8 Å². The molecule has 0 aliphatic carbocycles. The first-order valence-electron chi connectivity index (χ1n) is 6.23. The number of nitrogens with zero attached hydrogens (tertiary/aromatic N) is 2. The molecule has 0 saturated carbocycles. The lowest BCUT2D eigenvalue weighted by Gasteiger charge is -2.22. The van der Waals surface area contributed by atoms with Crippen LogP contribution in [0, 0.1) is 0 Å². The van der Waals surface area contributed by atoms with Crippen molar-refractivity contribution in [1.29, 1.82) is 0 Å². The molecule has 0 fully saturated rings. The number of aromatic nitrogens is 2. The van der Waals surface area contributed by atoms with E-state index in [1.165, 1.54) is 19.3 Å². The SMILES string of the molecule is CCCCCCC(C)(C)c1nc(O)cc(O)n1. The van der Waals surface area contributed by atoms with Gasteiger partial charge in [0.25, 0.3) is 0 Å². The van der Waals surface area contributed by atoms with Crippen LogP contribution in [0.4, 0.5) is 0 Å². The van der Waals surface area contributed by atoms with Gasteiger partial charge in [0.2, 0.25) is 11.8 Å². The largest absolute Gasteiger partial charge is 0.493 e. The van der Waals surface area contributed by atoms with Crippen LogP contribution in [0.25, 0.3) is 0 Å². The predicted molar refractivity (Wildman–Crippen MR) is 67.1 cm³/mol. The molecule has 1 rings (SSSR count). The first-order chi connectivity index (χ1) is 7.95. The van der Waals surface area contributed by atoms with Crippen LogP contribution < -0.4 is 0 Å². The Morgan fingerprint density at radius 1 is 1.06 bits per heavy atom. The van der Waals surface area contributed by atoms with E-state index >= 15 is 0 Å². The summed E-state index contributed by atoms with van der Waals surface area (Å²) in [6.07, 6.45) is 5.72. The Morgan fingerprint density at radius 3 is 2.18 bits per heavy atom. The molecule has 4 nitrogen and oxygen atoms in total. The maximum atomic E-state index is 9.36. The molecule has 0 aromatic carbocycles. The second-order valence-electron chi connectivity index (χ2n) is 5.10. The van der Waals surface area contributed by atoms with Gasteiger partial charge in [0.1, 0.15) is 5.82 Å². The van der Waals surface area contributed by atoms with Crippen molar-refractivity contribution in [2.45, 2.75) is 58.3 Å². The third-order valence-electron chi connectivity index (χ3n) is 2.96. The zero-order valence-corrected chi connectivity index (χ0v) is 10.9. The average Bonchev–Trinajstić information content (AvgIpc) is 2.23. The molecular formula is C13H22N2O2. The minimum atomic E-state index is -0.218. The fraction of sp³-hybridized carbons (Fsp3) is 0.692. The number of hydrogen-bond acceptors (Lipinski definition) is 4. The van der Waals surface area contributed by atoms with Crippen molar-refractivity contribution in [2.75, 3.05) is 0 Å². The molecule has 0 aliphatic heterocycles. The van der Waals surface area contributed by atoms with Gasteiger partial charge in [-0.2, -0.15) is 9.97 Å². The highest BCUT2D eigenvalue weighted by Gasteiger charge is 2.24. The lowest BCUT2D eigenvalue weighted by molar-refractivity contribution is 0.378. The summed E-state index contributed by atoms with van der Waals surface area (Å²) < 4.78 is 0. The van der Waals surface area contributed by atoms with Gasteiger partial charge in [-0.3, -0.25) is 0 Å². The summed E-state index contributed by atoms with van der Waals surface area (Å²) in [5.41, 5.74) is -0.218. The summed E-state index contributed by atoms with van der Waals surface area (Å²) in [6.45, 7) is 6.25. The van der Waals surface area contributed by atoms with E-state index in [0.29, 0.717) is 5.82 Å². The van der Waals surface area contributed by atoms with Crippen LogP contribution in [0.5, 0.6) is 11.8 Å². The Bertz CT molecular complexity index is 344. The summed E-state index contributed by atoms with van der Waals surface area (Å²) in [5.74, 6) is 0.162. The molecule has 1 heterocycles. The molecule has 0 spiro atoms. The van der Waals surface area contributed by atoms with Crippen molar-refractivity contribution in [3.8, 4) is 11.8 Å². The van der Waals surface area contributed by atoms with Crippen LogP contribution in [0.2, 0.25) is 0 Å². The highest BCUT2D eigenvalue weighted by molar-refractivity contribution is 5.21. The number of aromatic hydroxyl groups is 2. The molecule has 0 bridgehead atoms. The van der Waals surface area contributed by atoms with Crippen LogP contribution >= 0.6 is 0 Å². The van der Waals surface area contributed by atoms with Crippen LogP contribution in [-0.2, 0) is 5.41 Å². The van der Waals surface area contributed by atoms with Gasteiger partial charge in [0.05, 0.1) is 6.07 Å². The topological polar surface area (TPSA) is 66.2 Å². The third kappa shape index (κ3) is 4.21. The van der Waals surface area contributed by atoms with Crippen molar-refractivity contribution >= 4 is 0 Å². The Balaban J connectivity index is 2.67. The molecule has 0 aliphatic rings. The first kappa shape index (κ1) is 13.7. The Hall–Kier alpha value is -1.32. The van der Waals surface area contributed by atoms with Crippen molar-refractivity contribution < 1.29 is 10.2 Å². The van der Waals surface area contributed by atoms with Gasteiger partial charge in [0.15, 0.2) is 0 Å². The monoisotopic (exact) mass is 238 g/mol. The molecular weight excluding hydrogens is 216 g/mol. The van der Waals surface area contributed by atoms with Crippen molar-refractivity contribution in [3.05, 3.63) is 11.9 Å². The van der Waals surface area contributed by atoms with Gasteiger partial charge in [-0.05, 0) is 6.42 Å². The second kappa shape index (κ2) is 5.84. The van der Waals surface area contributed by atoms with Crippen LogP contribution in [0.1, 0.15) is 58.7 Å². The molecule has 0 radical (unpaired) electrons. The fourth-order valence-electron chi connectivity index (χ4n) is 1.83. The van der Waals surface area contributed by atoms with Crippen molar-refractivity contribution in [3.63, 3.8) is 0 Å². The molecule has 1 aromatic rings. The van der Waals surface area contributed by atoms with Gasteiger partial charge in [-0.15, -0.1) is 0 Å². The fourth-order valence-corrected chi connectivity index (χ4v) is 1.83. The minimum absolute atomic E-state index is 0.172. The van der Waals surface area contributed by atoms with E-state index in [-0.39, 0.29) is 17.2 Å². The molecule has 96 valence electrons. The maximum Gasteiger partial charge on any atom is 0.217 e. The lowest BCUT2D eigenvalue weighted by atomic mass is 9.86. The molecule has 1 aromatic heterocycles. The predicted octanol–water partition coefficient (Wildman–Crippen LogP) is 3.14. The van der Waals surface area contributed by atoms with Gasteiger partial charge in [-0.25, -0.2) is 0 Å². The van der Waals surface area contributed by atoms with Gasteiger partial charge in [-0.1, -0.05) is 46.5 Å². The van der Waals surface area contributed by atoms with Gasteiger partial charge >= 0.3 is 0 Å². The molecule has 2 N–H and O–H groups in total. The standard InChI is InChI=1S/C13H22N2O2/c1-4-5-6-7-8-13(2,3)12-14-10(16)9-11(17)15-12/h9H,4-8H2,1-3H3,(H2,14,15,16,17). The number of unbranched alkanes of at least 4 members (excludes halogenated alkanes) is 3. The van der Waals surface area contributed by atoms with E-state index in [0.717, 1.165) is 18.9 Å². The van der Waals surface area contributed by atoms with E-state index in [9.17, 15) is 10.2 Å². The molecule has 17 heavy (non-hydrogen) atoms. The summed E-state index contributed by atoms with van der Waals surface area (Å²) in [5, 5.41) is 18.7. The summed E-state index contributed by atoms with van der Waals surface area (Å²) in [6, 6.07) is 1.15. The Labute approximate surface area is 103 Å². The van der Waals surface area contributed by atoms with Crippen LogP contribution in [0.15, 0.2) is 6.07 Å². The van der Waals surface area contributed by atoms with E-state index in [2.05, 4.69) is 16.9 Å². The number of hydrogen-bond donors (Lipinski definition) is 2. The zero-order valence-electron chi connectivity index (χ0n) is 10.9. The summed E-state index contributed by atoms with van der Waals surface area (Å²) in [4.78, 5) is 7.98. The second-order valence-corrected chi connectivity index (χ2v) is 5.10. The van der Waals surface area contributed by atoms with Crippen LogP contribution in [0.3, 0.4) is 0 Å². The quantitative estimate of drug-likeness (QED) is 0.747. The summed E-state index contributed by atoms with van der Waals surface area (Å²) >= 11 is 0. The maximum absolute atomic E-state index is 9.36. The minimum Gasteiger partial charge on any atom is -0.493 e. The summed E-state index contributed by atoms with van der Waals surface area (Å²) in [7, 11) is 0. The Morgan fingerprint density at radius 2 is 1.65 bits per heavy atom. The molecule has 4 heteroatoms. The van der Waals surface area contributed by atoms with Crippen molar-refractivity contribution in [2.24, 2.45) is 0 Å². The molecule has 0 atom stereocenters. The van der Waals surface area contributed by atoms with E-state index in [4.69, 9.17) is 0 Å². The number of rotatable bonds is 6. The highest BCUT2D eigenvalue weighted by Crippen LogP contribution is 2.29. The smallest absolute Gasteiger partial charge is 0.217 e. The molecule has 0 saturated heterocycles. The zero-order chi connectivity index (χ0) is 12.9. The molecule has 0 amide bonds. The van der Waals surface area contributed by atoms with Crippen molar-refractivity contribution in [1.82, 2.24) is 9.97 Å². The highest BCUT2D eigenvalue weighted by atomic mass is 16.3. The van der Waals surface area contributed by atoms with Crippen LogP contribution in [-0.4, -0.2) is 20.2 Å². The Kier molecular flexibility index (Phi) is 4.73. The first-order valence-corrected chi connectivity index (χ1v) is 6.23. The lowest BCUT2D eigenvalue weighted by Crippen LogP contribution is -2.20.